The van der Waals surface area contributed by atoms with Gasteiger partial charge in [0, 0.05) is 13.7 Å². The number of methoxy groups -OCH3 is 1. The Balaban J connectivity index is 1.84. The van der Waals surface area contributed by atoms with E-state index in [2.05, 4.69) is 5.32 Å². The molecule has 2 aliphatic rings. The number of nitrogens with two attached hydrogens (primary N) is 1. The quantitative estimate of drug-likeness (QED) is 0.655. The maximum Gasteiger partial charge on any atom is 0.250 e. The van der Waals surface area contributed by atoms with Gasteiger partial charge in [-0.2, -0.15) is 0 Å². The second-order valence-corrected chi connectivity index (χ2v) is 4.18. The third kappa shape index (κ3) is 2.14. The van der Waals surface area contributed by atoms with Crippen LogP contribution in [0.1, 0.15) is 19.3 Å². The Labute approximate surface area is 89.3 Å². The molecular formula is C10H18N2O3. The van der Waals surface area contributed by atoms with Crippen LogP contribution in [-0.2, 0) is 14.3 Å². The van der Waals surface area contributed by atoms with Crippen LogP contribution in [0.15, 0.2) is 0 Å². The van der Waals surface area contributed by atoms with E-state index in [1.807, 2.05) is 0 Å². The van der Waals surface area contributed by atoms with E-state index >= 15 is 0 Å². The van der Waals surface area contributed by atoms with E-state index in [1.54, 1.807) is 0 Å². The lowest BCUT2D eigenvalue weighted by Crippen LogP contribution is -2.48. The highest BCUT2D eigenvalue weighted by atomic mass is 16.5. The molecule has 3 N–H and O–H groups in total. The van der Waals surface area contributed by atoms with Crippen molar-refractivity contribution in [2.24, 2.45) is 5.73 Å². The van der Waals surface area contributed by atoms with Gasteiger partial charge in [-0.3, -0.25) is 4.79 Å². The highest BCUT2D eigenvalue weighted by molar-refractivity contribution is 5.81. The van der Waals surface area contributed by atoms with Gasteiger partial charge in [0.2, 0.25) is 0 Å². The molecule has 1 amide bonds. The maximum atomic E-state index is 11.7. The SMILES string of the molecule is COC(CN)C(=O)N[C@@H]1C[C@H]2CC[C@@H]1O2. The van der Waals surface area contributed by atoms with Crippen molar-refractivity contribution in [3.05, 3.63) is 0 Å². The Morgan fingerprint density at radius 1 is 1.67 bits per heavy atom. The van der Waals surface area contributed by atoms with E-state index in [0.717, 1.165) is 19.3 Å². The Bertz CT molecular complexity index is 243. The van der Waals surface area contributed by atoms with Gasteiger partial charge < -0.3 is 20.5 Å². The largest absolute Gasteiger partial charge is 0.373 e. The molecule has 5 heteroatoms. The van der Waals surface area contributed by atoms with E-state index in [9.17, 15) is 4.79 Å². The van der Waals surface area contributed by atoms with E-state index in [0.29, 0.717) is 6.10 Å². The molecule has 2 rings (SSSR count). The number of nitrogens with one attached hydrogen (secondary N) is 1. The molecule has 2 heterocycles. The molecular weight excluding hydrogens is 196 g/mol. The molecule has 0 spiro atoms. The minimum Gasteiger partial charge on any atom is -0.373 e. The lowest BCUT2D eigenvalue weighted by Gasteiger charge is -2.22. The minimum absolute atomic E-state index is 0.124. The van der Waals surface area contributed by atoms with Crippen molar-refractivity contribution in [1.82, 2.24) is 5.32 Å². The zero-order valence-electron chi connectivity index (χ0n) is 8.94. The molecule has 0 radical (unpaired) electrons. The van der Waals surface area contributed by atoms with Crippen LogP contribution in [0, 0.1) is 0 Å². The summed E-state index contributed by atoms with van der Waals surface area (Å²) in [5.74, 6) is -0.124. The molecule has 5 nitrogen and oxygen atoms in total. The number of hydrogen-bond donors (Lipinski definition) is 2. The van der Waals surface area contributed by atoms with Gasteiger partial charge >= 0.3 is 0 Å². The summed E-state index contributed by atoms with van der Waals surface area (Å²) in [5.41, 5.74) is 5.42. The first-order chi connectivity index (χ1) is 7.24. The first kappa shape index (κ1) is 10.9. The van der Waals surface area contributed by atoms with Crippen LogP contribution in [0.5, 0.6) is 0 Å². The Morgan fingerprint density at radius 3 is 2.93 bits per heavy atom. The number of hydrogen-bond acceptors (Lipinski definition) is 4. The van der Waals surface area contributed by atoms with Gasteiger partial charge in [0.1, 0.15) is 6.10 Å². The molecule has 2 fully saturated rings. The average Bonchev–Trinajstić information content (AvgIpc) is 2.81. The van der Waals surface area contributed by atoms with Crippen LogP contribution in [0.25, 0.3) is 0 Å². The standard InChI is InChI=1S/C10H18N2O3/c1-14-9(5-11)10(13)12-7-4-6-2-3-8(7)15-6/h6-9H,2-5,11H2,1H3,(H,12,13)/t6-,7-,8+,9?/m1/s1. The van der Waals surface area contributed by atoms with E-state index < -0.39 is 6.10 Å². The predicted molar refractivity (Wildman–Crippen MR) is 54.3 cm³/mol. The Kier molecular flexibility index (Phi) is 3.23. The smallest absolute Gasteiger partial charge is 0.250 e. The van der Waals surface area contributed by atoms with Crippen molar-refractivity contribution >= 4 is 5.91 Å². The highest BCUT2D eigenvalue weighted by Gasteiger charge is 2.41. The molecule has 15 heavy (non-hydrogen) atoms. The third-order valence-corrected chi connectivity index (χ3v) is 3.22. The molecule has 1 unspecified atom stereocenters. The molecule has 2 aliphatic heterocycles. The Hall–Kier alpha value is -0.650. The summed E-state index contributed by atoms with van der Waals surface area (Å²) >= 11 is 0. The molecule has 2 saturated heterocycles. The second kappa shape index (κ2) is 4.47. The zero-order chi connectivity index (χ0) is 10.8. The van der Waals surface area contributed by atoms with Crippen molar-refractivity contribution in [1.29, 1.82) is 0 Å². The highest BCUT2D eigenvalue weighted by Crippen LogP contribution is 2.34. The lowest BCUT2D eigenvalue weighted by atomic mass is 9.95. The second-order valence-electron chi connectivity index (χ2n) is 4.18. The van der Waals surface area contributed by atoms with Gasteiger partial charge in [-0.05, 0) is 19.3 Å². The molecule has 2 bridgehead atoms. The van der Waals surface area contributed by atoms with Crippen LogP contribution in [0.2, 0.25) is 0 Å². The van der Waals surface area contributed by atoms with E-state index in [4.69, 9.17) is 15.2 Å². The number of carbonyl (C=O) groups excluding carboxylic acids is 1. The van der Waals surface area contributed by atoms with Gasteiger partial charge in [0.05, 0.1) is 18.2 Å². The predicted octanol–water partition coefficient (Wildman–Crippen LogP) is -0.604. The normalized spacial score (nSPS) is 35.5. The molecule has 0 aromatic heterocycles. The summed E-state index contributed by atoms with van der Waals surface area (Å²) in [4.78, 5) is 11.7. The zero-order valence-corrected chi connectivity index (χ0v) is 8.94. The molecule has 0 aromatic carbocycles. The lowest BCUT2D eigenvalue weighted by molar-refractivity contribution is -0.131. The van der Waals surface area contributed by atoms with E-state index in [1.165, 1.54) is 7.11 Å². The summed E-state index contributed by atoms with van der Waals surface area (Å²) in [7, 11) is 1.49. The summed E-state index contributed by atoms with van der Waals surface area (Å²) < 4.78 is 10.6. The van der Waals surface area contributed by atoms with Crippen LogP contribution in [0.3, 0.4) is 0 Å². The molecule has 0 saturated carbocycles. The van der Waals surface area contributed by atoms with Gasteiger partial charge in [0.15, 0.2) is 0 Å². The van der Waals surface area contributed by atoms with Crippen LogP contribution in [0.4, 0.5) is 0 Å². The number of fused-ring (bicyclic) bond motifs is 2. The van der Waals surface area contributed by atoms with Crippen LogP contribution < -0.4 is 11.1 Å². The monoisotopic (exact) mass is 214 g/mol. The first-order valence-corrected chi connectivity index (χ1v) is 5.43. The van der Waals surface area contributed by atoms with Crippen molar-refractivity contribution in [3.63, 3.8) is 0 Å². The number of amides is 1. The van der Waals surface area contributed by atoms with Crippen LogP contribution >= 0.6 is 0 Å². The van der Waals surface area contributed by atoms with E-state index in [-0.39, 0.29) is 24.6 Å². The summed E-state index contributed by atoms with van der Waals surface area (Å²) in [5, 5.41) is 2.94. The van der Waals surface area contributed by atoms with Crippen molar-refractivity contribution in [3.8, 4) is 0 Å². The van der Waals surface area contributed by atoms with Gasteiger partial charge in [-0.15, -0.1) is 0 Å². The fourth-order valence-electron chi connectivity index (χ4n) is 2.38. The fourth-order valence-corrected chi connectivity index (χ4v) is 2.38. The number of ether oxygens (including phenoxy) is 2. The molecule has 4 atom stereocenters. The van der Waals surface area contributed by atoms with Gasteiger partial charge in [-0.1, -0.05) is 0 Å². The third-order valence-electron chi connectivity index (χ3n) is 3.22. The average molecular weight is 214 g/mol. The van der Waals surface area contributed by atoms with Gasteiger partial charge in [-0.25, -0.2) is 0 Å². The summed E-state index contributed by atoms with van der Waals surface area (Å²) in [6.45, 7) is 0.212. The number of carbonyl (C=O) groups is 1. The minimum atomic E-state index is -0.538. The molecule has 0 aliphatic carbocycles. The van der Waals surface area contributed by atoms with Crippen LogP contribution in [-0.4, -0.2) is 43.9 Å². The topological polar surface area (TPSA) is 73.6 Å². The Morgan fingerprint density at radius 2 is 2.47 bits per heavy atom. The fraction of sp³-hybridized carbons (Fsp3) is 0.900. The van der Waals surface area contributed by atoms with Crippen molar-refractivity contribution in [2.45, 2.75) is 43.6 Å². The van der Waals surface area contributed by atoms with Gasteiger partial charge in [0.25, 0.3) is 5.91 Å². The van der Waals surface area contributed by atoms with Crippen molar-refractivity contribution < 1.29 is 14.3 Å². The molecule has 86 valence electrons. The number of rotatable bonds is 4. The summed E-state index contributed by atoms with van der Waals surface area (Å²) in [6.07, 6.45) is 3.12. The summed E-state index contributed by atoms with van der Waals surface area (Å²) in [6, 6.07) is 0.153. The molecule has 0 aromatic rings. The first-order valence-electron chi connectivity index (χ1n) is 5.43. The van der Waals surface area contributed by atoms with Crippen molar-refractivity contribution in [2.75, 3.05) is 13.7 Å². The maximum absolute atomic E-state index is 11.7.